The first kappa shape index (κ1) is 14.7. The molecule has 0 fully saturated rings. The van der Waals surface area contributed by atoms with E-state index in [2.05, 4.69) is 25.2 Å². The molecule has 0 radical (unpaired) electrons. The fraction of sp³-hybridized carbons (Fsp3) is 0.429. The van der Waals surface area contributed by atoms with E-state index in [1.807, 2.05) is 6.92 Å². The first-order valence-corrected chi connectivity index (χ1v) is 7.77. The average Bonchev–Trinajstić information content (AvgIpc) is 2.87. The minimum absolute atomic E-state index is 0.0976. The molecule has 0 atom stereocenters. The zero-order valence-corrected chi connectivity index (χ0v) is 13.5. The normalized spacial score (nSPS) is 13.7. The van der Waals surface area contributed by atoms with Crippen LogP contribution in [0.2, 0.25) is 0 Å². The number of hydrogen-bond donors (Lipinski definition) is 1. The van der Waals surface area contributed by atoms with E-state index in [1.165, 1.54) is 18.3 Å². The largest absolute Gasteiger partial charge is 0.480 e. The molecule has 0 bridgehead atoms. The molecule has 1 aliphatic rings. The Morgan fingerprint density at radius 3 is 2.95 bits per heavy atom. The van der Waals surface area contributed by atoms with Gasteiger partial charge in [0.2, 0.25) is 11.8 Å². The maximum absolute atomic E-state index is 11.1. The number of aromatic nitrogens is 3. The highest BCUT2D eigenvalue weighted by molar-refractivity contribution is 7.15. The zero-order valence-electron chi connectivity index (χ0n) is 12.7. The summed E-state index contributed by atoms with van der Waals surface area (Å²) in [6, 6.07) is 0. The predicted octanol–water partition coefficient (Wildman–Crippen LogP) is 1.77. The third-order valence-corrected chi connectivity index (χ3v) is 4.42. The fourth-order valence-electron chi connectivity index (χ4n) is 2.41. The zero-order chi connectivity index (χ0) is 15.7. The minimum atomic E-state index is -0.0976. The van der Waals surface area contributed by atoms with Crippen molar-refractivity contribution >= 4 is 28.2 Å². The van der Waals surface area contributed by atoms with E-state index in [-0.39, 0.29) is 5.91 Å². The number of carbonyl (C=O) groups is 1. The Kier molecular flexibility index (Phi) is 3.93. The van der Waals surface area contributed by atoms with Crippen molar-refractivity contribution in [1.82, 2.24) is 15.0 Å². The summed E-state index contributed by atoms with van der Waals surface area (Å²) < 4.78 is 5.14. The van der Waals surface area contributed by atoms with Crippen molar-refractivity contribution in [3.05, 3.63) is 22.5 Å². The third-order valence-electron chi connectivity index (χ3n) is 3.42. The second-order valence-electron chi connectivity index (χ2n) is 5.06. The molecule has 7 nitrogen and oxygen atoms in total. The molecule has 2 aromatic rings. The number of hydrogen-bond acceptors (Lipinski definition) is 7. The summed E-state index contributed by atoms with van der Waals surface area (Å²) in [5, 5.41) is 3.41. The number of amides is 1. The lowest BCUT2D eigenvalue weighted by Gasteiger charge is -2.27. The van der Waals surface area contributed by atoms with Crippen molar-refractivity contribution in [2.24, 2.45) is 0 Å². The van der Waals surface area contributed by atoms with Crippen LogP contribution in [0.25, 0.3) is 0 Å². The maximum Gasteiger partial charge on any atom is 0.235 e. The van der Waals surface area contributed by atoms with Crippen LogP contribution < -0.4 is 15.0 Å². The fourth-order valence-corrected chi connectivity index (χ4v) is 3.48. The molecule has 8 heteroatoms. The van der Waals surface area contributed by atoms with Gasteiger partial charge >= 0.3 is 0 Å². The number of anilines is 2. The Labute approximate surface area is 132 Å². The van der Waals surface area contributed by atoms with E-state index in [0.29, 0.717) is 11.0 Å². The van der Waals surface area contributed by atoms with Gasteiger partial charge in [-0.2, -0.15) is 0 Å². The number of nitrogens with zero attached hydrogens (tertiary/aromatic N) is 4. The van der Waals surface area contributed by atoms with Gasteiger partial charge in [0.05, 0.1) is 25.5 Å². The van der Waals surface area contributed by atoms with Gasteiger partial charge in [-0.05, 0) is 6.92 Å². The Bertz CT molecular complexity index is 715. The van der Waals surface area contributed by atoms with E-state index in [0.717, 1.165) is 41.6 Å². The Balaban J connectivity index is 1.80. The van der Waals surface area contributed by atoms with E-state index in [9.17, 15) is 4.79 Å². The van der Waals surface area contributed by atoms with Crippen LogP contribution >= 0.6 is 11.3 Å². The van der Waals surface area contributed by atoms with Gasteiger partial charge in [0, 0.05) is 24.8 Å². The summed E-state index contributed by atoms with van der Waals surface area (Å²) in [5.41, 5.74) is 1.83. The van der Waals surface area contributed by atoms with E-state index in [1.54, 1.807) is 13.3 Å². The number of carbonyl (C=O) groups excluding carboxylic acids is 1. The lowest BCUT2D eigenvalue weighted by molar-refractivity contribution is -0.114. The van der Waals surface area contributed by atoms with Crippen LogP contribution in [0, 0.1) is 6.92 Å². The minimum Gasteiger partial charge on any atom is -0.480 e. The Morgan fingerprint density at radius 1 is 1.45 bits per heavy atom. The van der Waals surface area contributed by atoms with Gasteiger partial charge in [-0.1, -0.05) is 11.3 Å². The van der Waals surface area contributed by atoms with Crippen LogP contribution in [0.1, 0.15) is 23.2 Å². The number of nitrogens with one attached hydrogen (secondary N) is 1. The summed E-state index contributed by atoms with van der Waals surface area (Å²) >= 11 is 1.52. The molecule has 0 spiro atoms. The SMILES string of the molecule is COc1ncc(N2CCc3nc(NC(C)=O)sc3C2)nc1C. The van der Waals surface area contributed by atoms with Crippen molar-refractivity contribution in [3.8, 4) is 5.88 Å². The smallest absolute Gasteiger partial charge is 0.235 e. The van der Waals surface area contributed by atoms with Crippen molar-refractivity contribution < 1.29 is 9.53 Å². The molecule has 0 aliphatic carbocycles. The van der Waals surface area contributed by atoms with E-state index >= 15 is 0 Å². The first-order chi connectivity index (χ1) is 10.6. The van der Waals surface area contributed by atoms with Crippen LogP contribution in [0.5, 0.6) is 5.88 Å². The number of rotatable bonds is 3. The standard InChI is InChI=1S/C14H17N5O2S/c1-8-13(21-3)15-6-12(16-8)19-5-4-10-11(7-19)22-14(18-10)17-9(2)20/h6H,4-5,7H2,1-3H3,(H,17,18,20). The second kappa shape index (κ2) is 5.88. The summed E-state index contributed by atoms with van der Waals surface area (Å²) in [4.78, 5) is 27.7. The van der Waals surface area contributed by atoms with Gasteiger partial charge in [-0.3, -0.25) is 4.79 Å². The molecule has 0 unspecified atom stereocenters. The topological polar surface area (TPSA) is 80.2 Å². The van der Waals surface area contributed by atoms with Gasteiger partial charge in [0.1, 0.15) is 11.5 Å². The summed E-state index contributed by atoms with van der Waals surface area (Å²) in [5.74, 6) is 1.28. The van der Waals surface area contributed by atoms with Gasteiger partial charge < -0.3 is 15.0 Å². The lowest BCUT2D eigenvalue weighted by atomic mass is 10.2. The van der Waals surface area contributed by atoms with E-state index < -0.39 is 0 Å². The van der Waals surface area contributed by atoms with Gasteiger partial charge in [-0.25, -0.2) is 15.0 Å². The maximum atomic E-state index is 11.1. The third kappa shape index (κ3) is 2.87. The molecule has 0 saturated carbocycles. The average molecular weight is 319 g/mol. The monoisotopic (exact) mass is 319 g/mol. The van der Waals surface area contributed by atoms with E-state index in [4.69, 9.17) is 4.74 Å². The molecule has 116 valence electrons. The van der Waals surface area contributed by atoms with Crippen LogP contribution in [-0.4, -0.2) is 34.5 Å². The van der Waals surface area contributed by atoms with Crippen LogP contribution in [0.3, 0.4) is 0 Å². The molecular formula is C14H17N5O2S. The Morgan fingerprint density at radius 2 is 2.27 bits per heavy atom. The number of methoxy groups -OCH3 is 1. The molecule has 3 heterocycles. The highest BCUT2D eigenvalue weighted by Crippen LogP contribution is 2.30. The Hall–Kier alpha value is -2.22. The van der Waals surface area contributed by atoms with Crippen molar-refractivity contribution in [3.63, 3.8) is 0 Å². The van der Waals surface area contributed by atoms with Gasteiger partial charge in [0.25, 0.3) is 0 Å². The predicted molar refractivity (Wildman–Crippen MR) is 84.5 cm³/mol. The number of fused-ring (bicyclic) bond motifs is 1. The molecule has 1 amide bonds. The van der Waals surface area contributed by atoms with Crippen molar-refractivity contribution in [2.45, 2.75) is 26.8 Å². The van der Waals surface area contributed by atoms with Crippen LogP contribution in [-0.2, 0) is 17.8 Å². The highest BCUT2D eigenvalue weighted by atomic mass is 32.1. The van der Waals surface area contributed by atoms with Crippen LogP contribution in [0.15, 0.2) is 6.20 Å². The molecule has 1 N–H and O–H groups in total. The second-order valence-corrected chi connectivity index (χ2v) is 6.15. The highest BCUT2D eigenvalue weighted by Gasteiger charge is 2.22. The lowest BCUT2D eigenvalue weighted by Crippen LogP contribution is -2.30. The van der Waals surface area contributed by atoms with Crippen LogP contribution in [0.4, 0.5) is 10.9 Å². The molecule has 0 saturated heterocycles. The molecule has 1 aliphatic heterocycles. The summed E-state index contributed by atoms with van der Waals surface area (Å²) in [6.45, 7) is 4.93. The summed E-state index contributed by atoms with van der Waals surface area (Å²) in [7, 11) is 1.59. The van der Waals surface area contributed by atoms with Gasteiger partial charge in [0.15, 0.2) is 5.13 Å². The number of aryl methyl sites for hydroxylation is 1. The molecule has 22 heavy (non-hydrogen) atoms. The van der Waals surface area contributed by atoms with Gasteiger partial charge in [-0.15, -0.1) is 0 Å². The molecule has 3 rings (SSSR count). The van der Waals surface area contributed by atoms with Crippen molar-refractivity contribution in [1.29, 1.82) is 0 Å². The summed E-state index contributed by atoms with van der Waals surface area (Å²) in [6.07, 6.45) is 2.56. The van der Waals surface area contributed by atoms with Crippen molar-refractivity contribution in [2.75, 3.05) is 23.9 Å². The molecule has 0 aromatic carbocycles. The number of thiazole rings is 1. The quantitative estimate of drug-likeness (QED) is 0.929. The number of ether oxygens (including phenoxy) is 1. The first-order valence-electron chi connectivity index (χ1n) is 6.95. The molecule has 2 aromatic heterocycles. The molecular weight excluding hydrogens is 302 g/mol.